The number of hydrogen-bond acceptors (Lipinski definition) is 5. The topological polar surface area (TPSA) is 90.9 Å². The first-order chi connectivity index (χ1) is 13.4. The third-order valence-corrected chi connectivity index (χ3v) is 6.80. The predicted molar refractivity (Wildman–Crippen MR) is 110 cm³/mol. The molecular formula is C20H30N4O3S. The van der Waals surface area contributed by atoms with Crippen molar-refractivity contribution in [1.82, 2.24) is 14.9 Å². The Labute approximate surface area is 167 Å². The smallest absolute Gasteiger partial charge is 0.263 e. The lowest BCUT2D eigenvalue weighted by molar-refractivity contribution is -0.121. The minimum atomic E-state index is -3.47. The number of unbranched alkanes of at least 4 members (excludes halogenated alkanes) is 2. The van der Waals surface area contributed by atoms with Gasteiger partial charge in [0.05, 0.1) is 4.90 Å². The summed E-state index contributed by atoms with van der Waals surface area (Å²) in [6.45, 7) is 3.38. The van der Waals surface area contributed by atoms with Crippen molar-refractivity contribution in [3.8, 4) is 0 Å². The number of fused-ring (bicyclic) bond motifs is 1. The molecule has 154 valence electrons. The first-order valence-corrected chi connectivity index (χ1v) is 11.5. The van der Waals surface area contributed by atoms with E-state index in [2.05, 4.69) is 33.9 Å². The van der Waals surface area contributed by atoms with E-state index in [9.17, 15) is 13.2 Å². The van der Waals surface area contributed by atoms with Crippen LogP contribution in [0.3, 0.4) is 0 Å². The fourth-order valence-electron chi connectivity index (χ4n) is 3.35. The molecule has 0 aromatic heterocycles. The molecule has 1 aliphatic heterocycles. The molecule has 2 aliphatic rings. The van der Waals surface area contributed by atoms with Crippen molar-refractivity contribution in [1.29, 1.82) is 0 Å². The van der Waals surface area contributed by atoms with Gasteiger partial charge in [-0.25, -0.2) is 8.42 Å². The molecule has 7 nitrogen and oxygen atoms in total. The molecule has 1 aromatic carbocycles. The van der Waals surface area contributed by atoms with Crippen LogP contribution in [0.5, 0.6) is 0 Å². The van der Waals surface area contributed by atoms with Crippen molar-refractivity contribution >= 4 is 21.8 Å². The maximum Gasteiger partial charge on any atom is 0.263 e. The van der Waals surface area contributed by atoms with Crippen LogP contribution in [0.4, 0.5) is 0 Å². The molecule has 1 saturated carbocycles. The van der Waals surface area contributed by atoms with Crippen molar-refractivity contribution < 1.29 is 13.2 Å². The molecule has 1 heterocycles. The number of likely N-dealkylation sites (N-methyl/N-ethyl adjacent to an activating group) is 1. The second-order valence-corrected chi connectivity index (χ2v) is 9.34. The Morgan fingerprint density at radius 3 is 2.79 bits per heavy atom. The summed E-state index contributed by atoms with van der Waals surface area (Å²) in [7, 11) is -1.35. The van der Waals surface area contributed by atoms with E-state index >= 15 is 0 Å². The Balaban J connectivity index is 1.32. The Morgan fingerprint density at radius 2 is 2.04 bits per heavy atom. The molecule has 1 fully saturated rings. The van der Waals surface area contributed by atoms with E-state index in [-0.39, 0.29) is 10.8 Å². The van der Waals surface area contributed by atoms with E-state index in [0.717, 1.165) is 19.3 Å². The van der Waals surface area contributed by atoms with Gasteiger partial charge in [-0.05, 0) is 51.8 Å². The van der Waals surface area contributed by atoms with Crippen molar-refractivity contribution in [3.05, 3.63) is 29.8 Å². The van der Waals surface area contributed by atoms with Crippen LogP contribution >= 0.6 is 0 Å². The molecule has 8 heteroatoms. The van der Waals surface area contributed by atoms with Crippen molar-refractivity contribution in [3.63, 3.8) is 0 Å². The zero-order valence-corrected chi connectivity index (χ0v) is 17.5. The van der Waals surface area contributed by atoms with E-state index < -0.39 is 10.0 Å². The number of rotatable bonds is 10. The van der Waals surface area contributed by atoms with Crippen molar-refractivity contribution in [2.24, 2.45) is 4.99 Å². The van der Waals surface area contributed by atoms with Crippen LogP contribution in [0.25, 0.3) is 0 Å². The standard InChI is InChI=1S/C20H30N4O3S/c1-15(24(2)16-11-12-16)14-22-19(25)10-4-3-7-13-21-20-17-8-5-6-9-18(17)28(26,27)23-20/h5-6,8-9,15-16H,3-4,7,10-14H2,1-2H3,(H,21,23)(H,22,25). The average Bonchev–Trinajstić information content (AvgIpc) is 3.48. The summed E-state index contributed by atoms with van der Waals surface area (Å²) in [6.07, 6.45) is 5.58. The van der Waals surface area contributed by atoms with Crippen molar-refractivity contribution in [2.75, 3.05) is 20.1 Å². The van der Waals surface area contributed by atoms with Crippen LogP contribution in [0, 0.1) is 0 Å². The number of amides is 1. The van der Waals surface area contributed by atoms with Gasteiger partial charge in [0.25, 0.3) is 10.0 Å². The number of nitrogens with one attached hydrogen (secondary N) is 2. The van der Waals surface area contributed by atoms with Gasteiger partial charge in [-0.1, -0.05) is 18.6 Å². The minimum absolute atomic E-state index is 0.0971. The SMILES string of the molecule is CC(CNC(=O)CCCCCN=C1NS(=O)(=O)c2ccccc21)N(C)C1CC1. The highest BCUT2D eigenvalue weighted by molar-refractivity contribution is 7.90. The largest absolute Gasteiger partial charge is 0.355 e. The third-order valence-electron chi connectivity index (χ3n) is 5.41. The Morgan fingerprint density at radius 1 is 1.29 bits per heavy atom. The van der Waals surface area contributed by atoms with Crippen molar-refractivity contribution in [2.45, 2.75) is 62.4 Å². The van der Waals surface area contributed by atoms with Crippen LogP contribution in [0.2, 0.25) is 0 Å². The highest BCUT2D eigenvalue weighted by atomic mass is 32.2. The predicted octanol–water partition coefficient (Wildman–Crippen LogP) is 1.88. The lowest BCUT2D eigenvalue weighted by Gasteiger charge is -2.24. The van der Waals surface area contributed by atoms with Crippen LogP contribution in [0.1, 0.15) is 51.0 Å². The molecule has 1 atom stereocenters. The van der Waals surface area contributed by atoms with E-state index in [1.807, 2.05) is 0 Å². The fourth-order valence-corrected chi connectivity index (χ4v) is 4.60. The van der Waals surface area contributed by atoms with Gasteiger partial charge in [-0.15, -0.1) is 0 Å². The van der Waals surface area contributed by atoms with Gasteiger partial charge in [-0.3, -0.25) is 19.4 Å². The van der Waals surface area contributed by atoms with Crippen LogP contribution in [-0.4, -0.2) is 57.3 Å². The number of benzene rings is 1. The van der Waals surface area contributed by atoms with Gasteiger partial charge in [-0.2, -0.15) is 0 Å². The normalized spacial score (nSPS) is 20.0. The van der Waals surface area contributed by atoms with Crippen LogP contribution in [-0.2, 0) is 14.8 Å². The number of aliphatic imine (C=N–C) groups is 1. The number of carbonyl (C=O) groups is 1. The van der Waals surface area contributed by atoms with Gasteiger partial charge < -0.3 is 5.32 Å². The molecule has 0 saturated heterocycles. The minimum Gasteiger partial charge on any atom is -0.355 e. The second-order valence-electron chi connectivity index (χ2n) is 7.69. The Kier molecular flexibility index (Phi) is 6.72. The average molecular weight is 407 g/mol. The monoisotopic (exact) mass is 406 g/mol. The van der Waals surface area contributed by atoms with E-state index in [1.54, 1.807) is 24.3 Å². The molecule has 0 radical (unpaired) electrons. The zero-order valence-electron chi connectivity index (χ0n) is 16.6. The number of sulfonamides is 1. The van der Waals surface area contributed by atoms with Crippen LogP contribution < -0.4 is 10.0 Å². The summed E-state index contributed by atoms with van der Waals surface area (Å²) >= 11 is 0. The van der Waals surface area contributed by atoms with Gasteiger partial charge in [0, 0.05) is 37.2 Å². The summed E-state index contributed by atoms with van der Waals surface area (Å²) in [5.41, 5.74) is 0.632. The summed E-state index contributed by atoms with van der Waals surface area (Å²) in [4.78, 5) is 19.0. The second kappa shape index (κ2) is 9.05. The summed E-state index contributed by atoms with van der Waals surface area (Å²) in [6, 6.07) is 7.92. The quantitative estimate of drug-likeness (QED) is 0.581. The lowest BCUT2D eigenvalue weighted by atomic mass is 10.1. The Hall–Kier alpha value is -1.93. The number of carbonyl (C=O) groups excluding carboxylic acids is 1. The van der Waals surface area contributed by atoms with E-state index in [1.165, 1.54) is 12.8 Å². The highest BCUT2D eigenvalue weighted by Crippen LogP contribution is 2.26. The maximum absolute atomic E-state index is 12.0. The fraction of sp³-hybridized carbons (Fsp3) is 0.600. The molecule has 1 amide bonds. The third kappa shape index (κ3) is 5.32. The first kappa shape index (κ1) is 20.8. The van der Waals surface area contributed by atoms with Gasteiger partial charge in [0.2, 0.25) is 5.91 Å². The molecule has 0 spiro atoms. The molecule has 1 aromatic rings. The number of hydrogen-bond donors (Lipinski definition) is 2. The molecule has 0 bridgehead atoms. The first-order valence-electron chi connectivity index (χ1n) is 10.0. The van der Waals surface area contributed by atoms with Crippen LogP contribution in [0.15, 0.2) is 34.2 Å². The molecular weight excluding hydrogens is 376 g/mol. The summed E-state index contributed by atoms with van der Waals surface area (Å²) in [5.74, 6) is 0.516. The molecule has 28 heavy (non-hydrogen) atoms. The summed E-state index contributed by atoms with van der Waals surface area (Å²) < 4.78 is 26.6. The maximum atomic E-state index is 12.0. The molecule has 2 N–H and O–H groups in total. The van der Waals surface area contributed by atoms with E-state index in [4.69, 9.17) is 0 Å². The Bertz CT molecular complexity index is 834. The summed E-state index contributed by atoms with van der Waals surface area (Å²) in [5, 5.41) is 3.02. The highest BCUT2D eigenvalue weighted by Gasteiger charge is 2.30. The van der Waals surface area contributed by atoms with Gasteiger partial charge in [0.15, 0.2) is 0 Å². The number of amidine groups is 1. The molecule has 3 rings (SSSR count). The van der Waals surface area contributed by atoms with Gasteiger partial charge >= 0.3 is 0 Å². The van der Waals surface area contributed by atoms with E-state index in [0.29, 0.717) is 43.0 Å². The molecule has 1 aliphatic carbocycles. The zero-order chi connectivity index (χ0) is 20.1. The lowest BCUT2D eigenvalue weighted by Crippen LogP contribution is -2.41. The number of nitrogens with zero attached hydrogens (tertiary/aromatic N) is 2. The molecule has 1 unspecified atom stereocenters. The van der Waals surface area contributed by atoms with Gasteiger partial charge in [0.1, 0.15) is 5.84 Å².